The van der Waals surface area contributed by atoms with Crippen LogP contribution in [0.2, 0.25) is 0 Å². The molecule has 0 saturated heterocycles. The lowest BCUT2D eigenvalue weighted by atomic mass is 9.93. The number of aryl methyl sites for hydroxylation is 2. The Bertz CT molecular complexity index is 355. The molecule has 1 unspecified atom stereocenters. The minimum absolute atomic E-state index is 0.320. The van der Waals surface area contributed by atoms with Gasteiger partial charge in [0, 0.05) is 18.8 Å². The van der Waals surface area contributed by atoms with Gasteiger partial charge in [-0.2, -0.15) is 5.10 Å². The van der Waals surface area contributed by atoms with E-state index >= 15 is 0 Å². The second-order valence-corrected chi connectivity index (χ2v) is 3.65. The van der Waals surface area contributed by atoms with Crippen LogP contribution in [0.5, 0.6) is 0 Å². The molecule has 0 aliphatic rings. The van der Waals surface area contributed by atoms with Gasteiger partial charge in [0.15, 0.2) is 0 Å². The second kappa shape index (κ2) is 3.42. The molecule has 5 heteroatoms. The van der Waals surface area contributed by atoms with E-state index in [0.29, 0.717) is 11.3 Å². The highest BCUT2D eigenvalue weighted by Gasteiger charge is 2.29. The predicted octanol–water partition coefficient (Wildman–Crippen LogP) is 0.411. The summed E-state index contributed by atoms with van der Waals surface area (Å²) in [4.78, 5) is 10.5. The van der Waals surface area contributed by atoms with E-state index in [1.165, 1.54) is 6.92 Å². The molecule has 1 aromatic heterocycles. The lowest BCUT2D eigenvalue weighted by molar-refractivity contribution is -0.142. The number of nitrogens with zero attached hydrogens (tertiary/aromatic N) is 2. The Morgan fingerprint density at radius 3 is 2.64 bits per heavy atom. The van der Waals surface area contributed by atoms with Gasteiger partial charge in [-0.1, -0.05) is 0 Å². The van der Waals surface area contributed by atoms with Gasteiger partial charge in [-0.15, -0.1) is 0 Å². The van der Waals surface area contributed by atoms with Crippen molar-refractivity contribution in [1.29, 1.82) is 0 Å². The van der Waals surface area contributed by atoms with Crippen molar-refractivity contribution in [2.75, 3.05) is 0 Å². The maximum absolute atomic E-state index is 10.5. The van der Waals surface area contributed by atoms with Gasteiger partial charge >= 0.3 is 5.97 Å². The zero-order valence-electron chi connectivity index (χ0n) is 8.48. The zero-order valence-corrected chi connectivity index (χ0v) is 8.48. The van der Waals surface area contributed by atoms with Crippen LogP contribution in [0.15, 0.2) is 6.20 Å². The maximum Gasteiger partial charge on any atom is 0.306 e. The number of aliphatic hydroxyl groups is 1. The van der Waals surface area contributed by atoms with Gasteiger partial charge in [0.1, 0.15) is 5.60 Å². The largest absolute Gasteiger partial charge is 0.481 e. The van der Waals surface area contributed by atoms with Crippen LogP contribution in [-0.2, 0) is 17.4 Å². The molecule has 0 amide bonds. The molecule has 1 atom stereocenters. The molecule has 78 valence electrons. The monoisotopic (exact) mass is 198 g/mol. The molecule has 0 radical (unpaired) electrons. The van der Waals surface area contributed by atoms with E-state index in [9.17, 15) is 9.90 Å². The molecule has 0 aromatic carbocycles. The summed E-state index contributed by atoms with van der Waals surface area (Å²) in [5.74, 6) is -1.03. The molecule has 0 fully saturated rings. The van der Waals surface area contributed by atoms with Crippen molar-refractivity contribution in [2.24, 2.45) is 7.05 Å². The Morgan fingerprint density at radius 2 is 2.29 bits per heavy atom. The third kappa shape index (κ3) is 2.11. The van der Waals surface area contributed by atoms with Crippen LogP contribution in [0.25, 0.3) is 0 Å². The first-order valence-corrected chi connectivity index (χ1v) is 4.28. The second-order valence-electron chi connectivity index (χ2n) is 3.65. The molecular weight excluding hydrogens is 184 g/mol. The third-order valence-electron chi connectivity index (χ3n) is 2.09. The highest BCUT2D eigenvalue weighted by molar-refractivity contribution is 5.68. The normalized spacial score (nSPS) is 15.1. The van der Waals surface area contributed by atoms with Crippen molar-refractivity contribution in [3.63, 3.8) is 0 Å². The molecule has 5 nitrogen and oxygen atoms in total. The number of carboxylic acid groups (broad SMARTS) is 1. The molecule has 0 aliphatic heterocycles. The molecule has 0 bridgehead atoms. The topological polar surface area (TPSA) is 75.3 Å². The molecule has 14 heavy (non-hydrogen) atoms. The number of aromatic nitrogens is 2. The van der Waals surface area contributed by atoms with E-state index in [1.54, 1.807) is 24.9 Å². The average Bonchev–Trinajstić information content (AvgIpc) is 2.27. The number of carboxylic acids is 1. The smallest absolute Gasteiger partial charge is 0.306 e. The van der Waals surface area contributed by atoms with E-state index in [1.807, 2.05) is 0 Å². The Hall–Kier alpha value is -1.36. The van der Waals surface area contributed by atoms with Crippen LogP contribution in [-0.4, -0.2) is 26.0 Å². The van der Waals surface area contributed by atoms with Crippen molar-refractivity contribution in [3.8, 4) is 0 Å². The van der Waals surface area contributed by atoms with Crippen LogP contribution in [0.4, 0.5) is 0 Å². The van der Waals surface area contributed by atoms with Gasteiger partial charge in [0.25, 0.3) is 0 Å². The van der Waals surface area contributed by atoms with Gasteiger partial charge in [-0.25, -0.2) is 0 Å². The molecule has 0 saturated carbocycles. The fraction of sp³-hybridized carbons (Fsp3) is 0.556. The number of rotatable bonds is 3. The Kier molecular flexibility index (Phi) is 2.62. The Labute approximate surface area is 82.0 Å². The fourth-order valence-electron chi connectivity index (χ4n) is 1.52. The molecular formula is C9H14N2O3. The summed E-state index contributed by atoms with van der Waals surface area (Å²) < 4.78 is 1.56. The summed E-state index contributed by atoms with van der Waals surface area (Å²) in [5.41, 5.74) is -0.148. The lowest BCUT2D eigenvalue weighted by Gasteiger charge is -2.20. The molecule has 1 aromatic rings. The van der Waals surface area contributed by atoms with Crippen molar-refractivity contribution in [1.82, 2.24) is 9.78 Å². The SMILES string of the molecule is Cc1nn(C)cc1C(C)(O)CC(=O)O. The van der Waals surface area contributed by atoms with E-state index in [-0.39, 0.29) is 6.42 Å². The van der Waals surface area contributed by atoms with Crippen LogP contribution >= 0.6 is 0 Å². The minimum Gasteiger partial charge on any atom is -0.481 e. The molecule has 1 heterocycles. The fourth-order valence-corrected chi connectivity index (χ4v) is 1.52. The first-order valence-electron chi connectivity index (χ1n) is 4.28. The summed E-state index contributed by atoms with van der Waals surface area (Å²) in [6.07, 6.45) is 1.32. The molecule has 0 aliphatic carbocycles. The van der Waals surface area contributed by atoms with Crippen LogP contribution in [0, 0.1) is 6.92 Å². The maximum atomic E-state index is 10.5. The number of aliphatic carboxylic acids is 1. The molecule has 2 N–H and O–H groups in total. The Morgan fingerprint density at radius 1 is 1.71 bits per heavy atom. The summed E-state index contributed by atoms with van der Waals surface area (Å²) >= 11 is 0. The summed E-state index contributed by atoms with van der Waals surface area (Å²) in [5, 5.41) is 22.6. The van der Waals surface area contributed by atoms with Gasteiger partial charge in [0.05, 0.1) is 12.1 Å². The first kappa shape index (κ1) is 10.7. The van der Waals surface area contributed by atoms with Gasteiger partial charge in [-0.3, -0.25) is 9.48 Å². The molecule has 0 spiro atoms. The van der Waals surface area contributed by atoms with Gasteiger partial charge < -0.3 is 10.2 Å². The summed E-state index contributed by atoms with van der Waals surface area (Å²) in [7, 11) is 1.73. The quantitative estimate of drug-likeness (QED) is 0.737. The zero-order chi connectivity index (χ0) is 10.9. The van der Waals surface area contributed by atoms with E-state index < -0.39 is 11.6 Å². The average molecular weight is 198 g/mol. The highest BCUT2D eigenvalue weighted by Crippen LogP contribution is 2.26. The highest BCUT2D eigenvalue weighted by atomic mass is 16.4. The standard InChI is InChI=1S/C9H14N2O3/c1-6-7(5-11(3)10-6)9(2,14)4-8(12)13/h5,14H,4H2,1-3H3,(H,12,13). The van der Waals surface area contributed by atoms with E-state index in [2.05, 4.69) is 5.10 Å². The van der Waals surface area contributed by atoms with Gasteiger partial charge in [0.2, 0.25) is 0 Å². The van der Waals surface area contributed by atoms with Crippen LogP contribution < -0.4 is 0 Å². The van der Waals surface area contributed by atoms with Crippen LogP contribution in [0.3, 0.4) is 0 Å². The third-order valence-corrected chi connectivity index (χ3v) is 2.09. The predicted molar refractivity (Wildman–Crippen MR) is 49.8 cm³/mol. The van der Waals surface area contributed by atoms with Crippen molar-refractivity contribution in [2.45, 2.75) is 25.9 Å². The lowest BCUT2D eigenvalue weighted by Crippen LogP contribution is -2.25. The summed E-state index contributed by atoms with van der Waals surface area (Å²) in [6, 6.07) is 0. The number of carbonyl (C=O) groups is 1. The number of hydrogen-bond acceptors (Lipinski definition) is 3. The molecule has 1 rings (SSSR count). The van der Waals surface area contributed by atoms with E-state index in [0.717, 1.165) is 0 Å². The first-order chi connectivity index (χ1) is 6.33. The van der Waals surface area contributed by atoms with Gasteiger partial charge in [-0.05, 0) is 13.8 Å². The van der Waals surface area contributed by atoms with Crippen molar-refractivity contribution >= 4 is 5.97 Å². The Balaban J connectivity index is 3.02. The van der Waals surface area contributed by atoms with Crippen LogP contribution in [0.1, 0.15) is 24.6 Å². The van der Waals surface area contributed by atoms with E-state index in [4.69, 9.17) is 5.11 Å². The number of hydrogen-bond donors (Lipinski definition) is 2. The summed E-state index contributed by atoms with van der Waals surface area (Å²) in [6.45, 7) is 3.22. The van der Waals surface area contributed by atoms with Crippen molar-refractivity contribution < 1.29 is 15.0 Å². The van der Waals surface area contributed by atoms with Crippen molar-refractivity contribution in [3.05, 3.63) is 17.5 Å². The minimum atomic E-state index is -1.36.